The van der Waals surface area contributed by atoms with Crippen molar-refractivity contribution in [2.24, 2.45) is 0 Å². The molecule has 0 radical (unpaired) electrons. The molecular formula is C5H15N3. The van der Waals surface area contributed by atoms with Crippen molar-refractivity contribution in [1.82, 2.24) is 16.0 Å². The molecule has 0 aromatic rings. The fourth-order valence-electron chi connectivity index (χ4n) is 0.453. The summed E-state index contributed by atoms with van der Waals surface area (Å²) in [6, 6.07) is 0. The lowest BCUT2D eigenvalue weighted by Crippen LogP contribution is -2.47. The van der Waals surface area contributed by atoms with Crippen LogP contribution in [0.1, 0.15) is 13.8 Å². The average Bonchev–Trinajstić information content (AvgIpc) is 1.96. The minimum Gasteiger partial charge on any atom is -0.292 e. The highest BCUT2D eigenvalue weighted by molar-refractivity contribution is 4.49. The van der Waals surface area contributed by atoms with Gasteiger partial charge < -0.3 is 0 Å². The van der Waals surface area contributed by atoms with Crippen LogP contribution in [0.25, 0.3) is 0 Å². The van der Waals surface area contributed by atoms with Gasteiger partial charge in [-0.25, -0.2) is 0 Å². The van der Waals surface area contributed by atoms with Crippen LogP contribution < -0.4 is 16.0 Å². The molecular weight excluding hydrogens is 102 g/mol. The van der Waals surface area contributed by atoms with E-state index >= 15 is 0 Å². The molecule has 0 aromatic heterocycles. The molecule has 1 rings (SSSR count). The first-order valence-corrected chi connectivity index (χ1v) is 3.12. The van der Waals surface area contributed by atoms with E-state index in [0.29, 0.717) is 0 Å². The largest absolute Gasteiger partial charge is 0.292 e. The van der Waals surface area contributed by atoms with Gasteiger partial charge in [0.2, 0.25) is 0 Å². The van der Waals surface area contributed by atoms with Crippen molar-refractivity contribution in [2.75, 3.05) is 20.0 Å². The van der Waals surface area contributed by atoms with Gasteiger partial charge in [0.15, 0.2) is 0 Å². The van der Waals surface area contributed by atoms with E-state index in [1.54, 1.807) is 0 Å². The first-order valence-electron chi connectivity index (χ1n) is 3.12. The molecule has 0 bridgehead atoms. The smallest absolute Gasteiger partial charge is 0.0474 e. The molecule has 3 N–H and O–H groups in total. The summed E-state index contributed by atoms with van der Waals surface area (Å²) in [5.74, 6) is 0. The van der Waals surface area contributed by atoms with E-state index in [1.165, 1.54) is 0 Å². The molecule has 3 heteroatoms. The first-order chi connectivity index (χ1) is 4.00. The van der Waals surface area contributed by atoms with Crippen molar-refractivity contribution in [3.05, 3.63) is 0 Å². The van der Waals surface area contributed by atoms with Crippen molar-refractivity contribution in [3.8, 4) is 0 Å². The maximum atomic E-state index is 3.06. The normalized spacial score (nSPS) is 18.8. The lowest BCUT2D eigenvalue weighted by molar-refractivity contribution is 0.443. The number of hydrogen-bond acceptors (Lipinski definition) is 3. The Morgan fingerprint density at radius 2 is 1.00 bits per heavy atom. The maximum absolute atomic E-state index is 3.06. The third-order valence-corrected chi connectivity index (χ3v) is 0.750. The van der Waals surface area contributed by atoms with Crippen molar-refractivity contribution in [3.63, 3.8) is 0 Å². The highest BCUT2D eigenvalue weighted by Crippen LogP contribution is 1.56. The van der Waals surface area contributed by atoms with Gasteiger partial charge in [-0.05, 0) is 0 Å². The standard InChI is InChI=1S/C3H9N3.C2H6/c1-4-2-6-3-5-1;1-2/h4-6H,1-3H2;1-2H3. The molecule has 1 aliphatic heterocycles. The van der Waals surface area contributed by atoms with Gasteiger partial charge in [-0.1, -0.05) is 13.8 Å². The fraction of sp³-hybridized carbons (Fsp3) is 1.00. The Balaban J connectivity index is 0.000000222. The minimum atomic E-state index is 0.938. The zero-order valence-electron chi connectivity index (χ0n) is 5.62. The van der Waals surface area contributed by atoms with Crippen molar-refractivity contribution in [1.29, 1.82) is 0 Å². The van der Waals surface area contributed by atoms with Crippen LogP contribution in [0.2, 0.25) is 0 Å². The zero-order valence-corrected chi connectivity index (χ0v) is 5.62. The lowest BCUT2D eigenvalue weighted by Gasteiger charge is -2.13. The van der Waals surface area contributed by atoms with Crippen LogP contribution in [0.5, 0.6) is 0 Å². The van der Waals surface area contributed by atoms with E-state index in [4.69, 9.17) is 0 Å². The zero-order chi connectivity index (χ0) is 6.24. The fourth-order valence-corrected chi connectivity index (χ4v) is 0.453. The van der Waals surface area contributed by atoms with E-state index in [9.17, 15) is 0 Å². The number of rotatable bonds is 0. The number of nitrogens with one attached hydrogen (secondary N) is 3. The van der Waals surface area contributed by atoms with E-state index in [0.717, 1.165) is 20.0 Å². The van der Waals surface area contributed by atoms with Crippen LogP contribution in [0, 0.1) is 0 Å². The summed E-state index contributed by atoms with van der Waals surface area (Å²) in [5, 5.41) is 9.19. The highest BCUT2D eigenvalue weighted by Gasteiger charge is 1.89. The topological polar surface area (TPSA) is 36.1 Å². The highest BCUT2D eigenvalue weighted by atomic mass is 15.2. The minimum absolute atomic E-state index is 0.938. The van der Waals surface area contributed by atoms with Crippen LogP contribution in [0.4, 0.5) is 0 Å². The van der Waals surface area contributed by atoms with E-state index in [2.05, 4.69) is 16.0 Å². The Kier molecular flexibility index (Phi) is 6.78. The summed E-state index contributed by atoms with van der Waals surface area (Å²) in [5.41, 5.74) is 0. The summed E-state index contributed by atoms with van der Waals surface area (Å²) < 4.78 is 0. The Hall–Kier alpha value is -0.120. The summed E-state index contributed by atoms with van der Waals surface area (Å²) in [6.07, 6.45) is 0. The predicted molar refractivity (Wildman–Crippen MR) is 35.4 cm³/mol. The molecule has 0 spiro atoms. The van der Waals surface area contributed by atoms with E-state index in [-0.39, 0.29) is 0 Å². The molecule has 1 aliphatic rings. The lowest BCUT2D eigenvalue weighted by atomic mass is 10.8. The third kappa shape index (κ3) is 4.05. The molecule has 1 saturated heterocycles. The number of hydrogen-bond donors (Lipinski definition) is 3. The first kappa shape index (κ1) is 7.88. The van der Waals surface area contributed by atoms with Gasteiger partial charge in [0.05, 0.1) is 0 Å². The summed E-state index contributed by atoms with van der Waals surface area (Å²) in [4.78, 5) is 0. The molecule has 3 nitrogen and oxygen atoms in total. The van der Waals surface area contributed by atoms with Gasteiger partial charge in [-0.3, -0.25) is 16.0 Å². The van der Waals surface area contributed by atoms with Crippen molar-refractivity contribution >= 4 is 0 Å². The molecule has 0 atom stereocenters. The van der Waals surface area contributed by atoms with Gasteiger partial charge in [-0.15, -0.1) is 0 Å². The molecule has 0 aliphatic carbocycles. The Morgan fingerprint density at radius 1 is 0.750 bits per heavy atom. The molecule has 50 valence electrons. The van der Waals surface area contributed by atoms with Gasteiger partial charge >= 0.3 is 0 Å². The quantitative estimate of drug-likeness (QED) is 0.406. The molecule has 0 aromatic carbocycles. The molecule has 1 fully saturated rings. The SMILES string of the molecule is C1NCNCN1.CC. The Bertz CT molecular complexity index is 23.1. The van der Waals surface area contributed by atoms with Crippen LogP contribution in [0.15, 0.2) is 0 Å². The predicted octanol–water partition coefficient (Wildman–Crippen LogP) is -0.333. The molecule has 8 heavy (non-hydrogen) atoms. The van der Waals surface area contributed by atoms with Crippen molar-refractivity contribution in [2.45, 2.75) is 13.8 Å². The third-order valence-electron chi connectivity index (χ3n) is 0.750. The summed E-state index contributed by atoms with van der Waals surface area (Å²) >= 11 is 0. The maximum Gasteiger partial charge on any atom is 0.0474 e. The average molecular weight is 117 g/mol. The molecule has 1 heterocycles. The summed E-state index contributed by atoms with van der Waals surface area (Å²) in [7, 11) is 0. The van der Waals surface area contributed by atoms with Gasteiger partial charge in [0.25, 0.3) is 0 Å². The Labute approximate surface area is 50.8 Å². The van der Waals surface area contributed by atoms with E-state index in [1.807, 2.05) is 13.8 Å². The monoisotopic (exact) mass is 117 g/mol. The molecule has 0 saturated carbocycles. The van der Waals surface area contributed by atoms with Crippen LogP contribution in [-0.2, 0) is 0 Å². The van der Waals surface area contributed by atoms with Gasteiger partial charge in [0.1, 0.15) is 0 Å². The van der Waals surface area contributed by atoms with Crippen LogP contribution >= 0.6 is 0 Å². The van der Waals surface area contributed by atoms with E-state index < -0.39 is 0 Å². The second-order valence-corrected chi connectivity index (χ2v) is 1.28. The van der Waals surface area contributed by atoms with Crippen molar-refractivity contribution < 1.29 is 0 Å². The van der Waals surface area contributed by atoms with Gasteiger partial charge in [-0.2, -0.15) is 0 Å². The second kappa shape index (κ2) is 6.88. The summed E-state index contributed by atoms with van der Waals surface area (Å²) in [6.45, 7) is 6.81. The van der Waals surface area contributed by atoms with Gasteiger partial charge in [0, 0.05) is 20.0 Å². The molecule has 0 unspecified atom stereocenters. The second-order valence-electron chi connectivity index (χ2n) is 1.28. The van der Waals surface area contributed by atoms with Crippen LogP contribution in [-0.4, -0.2) is 20.0 Å². The molecule has 0 amide bonds. The van der Waals surface area contributed by atoms with Crippen LogP contribution in [0.3, 0.4) is 0 Å². The Morgan fingerprint density at radius 3 is 1.12 bits per heavy atom.